The Morgan fingerprint density at radius 2 is 2.18 bits per heavy atom. The Hall–Kier alpha value is -3.05. The van der Waals surface area contributed by atoms with E-state index in [0.717, 1.165) is 23.7 Å². The highest BCUT2D eigenvalue weighted by Crippen LogP contribution is 2.32. The standard InChI is InChI=1S/C17H18N8O2S/c1-11(15-18-10-19-21-15)27-17-12(24-4-6-26-7-5-24)9-14-20-22-16(25(14)23-17)13-3-2-8-28-13/h2-3,8-11H,4-7H2,1H3,(H,18,19,21). The van der Waals surface area contributed by atoms with Crippen LogP contribution >= 0.6 is 11.3 Å². The van der Waals surface area contributed by atoms with Crippen molar-refractivity contribution >= 4 is 22.7 Å². The van der Waals surface area contributed by atoms with Crippen LogP contribution in [0.4, 0.5) is 5.69 Å². The van der Waals surface area contributed by atoms with Crippen molar-refractivity contribution in [1.29, 1.82) is 0 Å². The fourth-order valence-electron chi connectivity index (χ4n) is 3.12. The summed E-state index contributed by atoms with van der Waals surface area (Å²) < 4.78 is 13.4. The maximum absolute atomic E-state index is 6.18. The average molecular weight is 398 g/mol. The largest absolute Gasteiger partial charge is 0.464 e. The van der Waals surface area contributed by atoms with Gasteiger partial charge in [0.2, 0.25) is 0 Å². The van der Waals surface area contributed by atoms with Crippen molar-refractivity contribution in [3.05, 3.63) is 35.7 Å². The lowest BCUT2D eigenvalue weighted by Crippen LogP contribution is -2.36. The number of H-pyrrole nitrogens is 1. The van der Waals surface area contributed by atoms with Gasteiger partial charge in [-0.2, -0.15) is 9.61 Å². The van der Waals surface area contributed by atoms with Crippen LogP contribution in [-0.2, 0) is 4.74 Å². The molecule has 11 heteroatoms. The van der Waals surface area contributed by atoms with Gasteiger partial charge >= 0.3 is 0 Å². The number of fused-ring (bicyclic) bond motifs is 1. The van der Waals surface area contributed by atoms with E-state index in [9.17, 15) is 0 Å². The van der Waals surface area contributed by atoms with Crippen molar-refractivity contribution in [2.45, 2.75) is 13.0 Å². The van der Waals surface area contributed by atoms with Crippen LogP contribution in [0, 0.1) is 0 Å². The fraction of sp³-hybridized carbons (Fsp3) is 0.353. The van der Waals surface area contributed by atoms with E-state index in [2.05, 4.69) is 30.3 Å². The molecule has 28 heavy (non-hydrogen) atoms. The molecule has 0 radical (unpaired) electrons. The molecule has 5 heterocycles. The van der Waals surface area contributed by atoms with Gasteiger partial charge in [0.1, 0.15) is 12.0 Å². The molecule has 0 amide bonds. The van der Waals surface area contributed by atoms with E-state index >= 15 is 0 Å². The topological polar surface area (TPSA) is 106 Å². The van der Waals surface area contributed by atoms with Gasteiger partial charge in [-0.15, -0.1) is 26.6 Å². The van der Waals surface area contributed by atoms with Crippen LogP contribution in [0.3, 0.4) is 0 Å². The van der Waals surface area contributed by atoms with Crippen molar-refractivity contribution < 1.29 is 9.47 Å². The minimum atomic E-state index is -0.363. The van der Waals surface area contributed by atoms with Crippen molar-refractivity contribution in [2.75, 3.05) is 31.2 Å². The van der Waals surface area contributed by atoms with E-state index in [1.807, 2.05) is 30.5 Å². The number of aromatic amines is 1. The van der Waals surface area contributed by atoms with Gasteiger partial charge < -0.3 is 14.4 Å². The summed E-state index contributed by atoms with van der Waals surface area (Å²) in [7, 11) is 0. The number of rotatable bonds is 5. The monoisotopic (exact) mass is 398 g/mol. The number of aromatic nitrogens is 7. The van der Waals surface area contributed by atoms with E-state index in [4.69, 9.17) is 14.6 Å². The number of hydrogen-bond donors (Lipinski definition) is 1. The third-order valence-electron chi connectivity index (χ3n) is 4.52. The molecule has 1 unspecified atom stereocenters. The van der Waals surface area contributed by atoms with Crippen LogP contribution in [0.25, 0.3) is 16.3 Å². The summed E-state index contributed by atoms with van der Waals surface area (Å²) >= 11 is 1.59. The highest BCUT2D eigenvalue weighted by Gasteiger charge is 2.23. The molecular formula is C17H18N8O2S. The Labute approximate surface area is 164 Å². The molecule has 1 aliphatic rings. The molecule has 0 aromatic carbocycles. The lowest BCUT2D eigenvalue weighted by Gasteiger charge is -2.30. The summed E-state index contributed by atoms with van der Waals surface area (Å²) in [5.41, 5.74) is 1.53. The van der Waals surface area contributed by atoms with Crippen LogP contribution < -0.4 is 9.64 Å². The fourth-order valence-corrected chi connectivity index (χ4v) is 3.81. The van der Waals surface area contributed by atoms with Gasteiger partial charge in [-0.3, -0.25) is 5.10 Å². The van der Waals surface area contributed by atoms with Crippen LogP contribution in [0.1, 0.15) is 18.9 Å². The zero-order valence-corrected chi connectivity index (χ0v) is 16.0. The molecule has 4 aromatic rings. The molecule has 5 rings (SSSR count). The first kappa shape index (κ1) is 17.1. The molecule has 4 aromatic heterocycles. The van der Waals surface area contributed by atoms with E-state index in [1.165, 1.54) is 6.33 Å². The summed E-state index contributed by atoms with van der Waals surface area (Å²) in [4.78, 5) is 7.37. The second-order valence-corrected chi connectivity index (χ2v) is 7.27. The minimum Gasteiger partial charge on any atom is -0.464 e. The van der Waals surface area contributed by atoms with Gasteiger partial charge in [0, 0.05) is 19.2 Å². The third-order valence-corrected chi connectivity index (χ3v) is 5.39. The molecule has 0 saturated carbocycles. The number of hydrogen-bond acceptors (Lipinski definition) is 9. The number of ether oxygens (including phenoxy) is 2. The third kappa shape index (κ3) is 3.08. The second kappa shape index (κ2) is 7.17. The van der Waals surface area contributed by atoms with Crippen molar-refractivity contribution in [2.24, 2.45) is 0 Å². The first-order chi connectivity index (χ1) is 13.8. The van der Waals surface area contributed by atoms with Gasteiger partial charge in [-0.1, -0.05) is 6.07 Å². The van der Waals surface area contributed by atoms with Crippen molar-refractivity contribution in [1.82, 2.24) is 35.0 Å². The Kier molecular flexibility index (Phi) is 4.37. The molecular weight excluding hydrogens is 380 g/mol. The Balaban J connectivity index is 1.59. The SMILES string of the molecule is CC(Oc1nn2c(-c3cccs3)nnc2cc1N1CCOCC1)c1nc[nH]n1. The number of nitrogens with zero attached hydrogens (tertiary/aromatic N) is 7. The molecule has 0 bridgehead atoms. The Bertz CT molecular complexity index is 1060. The zero-order valence-electron chi connectivity index (χ0n) is 15.1. The molecule has 1 N–H and O–H groups in total. The predicted octanol–water partition coefficient (Wildman–Crippen LogP) is 1.95. The number of anilines is 1. The Morgan fingerprint density at radius 1 is 1.29 bits per heavy atom. The van der Waals surface area contributed by atoms with E-state index in [1.54, 1.807) is 15.9 Å². The van der Waals surface area contributed by atoms with E-state index < -0.39 is 0 Å². The lowest BCUT2D eigenvalue weighted by molar-refractivity contribution is 0.122. The first-order valence-electron chi connectivity index (χ1n) is 8.95. The number of thiophene rings is 1. The van der Waals surface area contributed by atoms with Gasteiger partial charge in [-0.05, 0) is 18.4 Å². The summed E-state index contributed by atoms with van der Waals surface area (Å²) in [5, 5.41) is 22.2. The summed E-state index contributed by atoms with van der Waals surface area (Å²) in [5.74, 6) is 1.75. The molecule has 144 valence electrons. The zero-order chi connectivity index (χ0) is 18.9. The van der Waals surface area contributed by atoms with Crippen LogP contribution in [0.5, 0.6) is 5.88 Å². The molecule has 1 fully saturated rings. The van der Waals surface area contributed by atoms with Gasteiger partial charge in [0.15, 0.2) is 23.4 Å². The Morgan fingerprint density at radius 3 is 2.93 bits per heavy atom. The molecule has 0 spiro atoms. The normalized spacial score (nSPS) is 15.8. The van der Waals surface area contributed by atoms with E-state index in [0.29, 0.717) is 36.4 Å². The summed E-state index contributed by atoms with van der Waals surface area (Å²) in [6.45, 7) is 4.73. The van der Waals surface area contributed by atoms with Crippen LogP contribution in [0.2, 0.25) is 0 Å². The molecule has 1 saturated heterocycles. The summed E-state index contributed by atoms with van der Waals surface area (Å²) in [6.07, 6.45) is 1.17. The number of morpholine rings is 1. The van der Waals surface area contributed by atoms with Crippen LogP contribution in [0.15, 0.2) is 29.9 Å². The quantitative estimate of drug-likeness (QED) is 0.544. The molecule has 1 aliphatic heterocycles. The summed E-state index contributed by atoms with van der Waals surface area (Å²) in [6, 6.07) is 5.93. The minimum absolute atomic E-state index is 0.363. The van der Waals surface area contributed by atoms with E-state index in [-0.39, 0.29) is 6.10 Å². The maximum Gasteiger partial charge on any atom is 0.256 e. The van der Waals surface area contributed by atoms with Gasteiger partial charge in [-0.25, -0.2) is 4.98 Å². The highest BCUT2D eigenvalue weighted by molar-refractivity contribution is 7.13. The van der Waals surface area contributed by atoms with Gasteiger partial charge in [0.25, 0.3) is 5.88 Å². The van der Waals surface area contributed by atoms with Crippen molar-refractivity contribution in [3.63, 3.8) is 0 Å². The molecule has 10 nitrogen and oxygen atoms in total. The lowest BCUT2D eigenvalue weighted by atomic mass is 10.3. The predicted molar refractivity (Wildman–Crippen MR) is 103 cm³/mol. The van der Waals surface area contributed by atoms with Crippen LogP contribution in [-0.4, -0.2) is 61.3 Å². The average Bonchev–Trinajstić information content (AvgIpc) is 3.48. The molecule has 0 aliphatic carbocycles. The maximum atomic E-state index is 6.18. The first-order valence-corrected chi connectivity index (χ1v) is 9.83. The smallest absolute Gasteiger partial charge is 0.256 e. The highest BCUT2D eigenvalue weighted by atomic mass is 32.1. The number of nitrogens with one attached hydrogen (secondary N) is 1. The molecule has 1 atom stereocenters. The second-order valence-electron chi connectivity index (χ2n) is 6.32. The van der Waals surface area contributed by atoms with Gasteiger partial charge in [0.05, 0.1) is 18.1 Å². The van der Waals surface area contributed by atoms with Crippen molar-refractivity contribution in [3.8, 4) is 16.6 Å².